The number of nitrogens with zero attached hydrogens (tertiary/aromatic N) is 2. The Morgan fingerprint density at radius 1 is 1.09 bits per heavy atom. The van der Waals surface area contributed by atoms with Gasteiger partial charge >= 0.3 is 0 Å². The van der Waals surface area contributed by atoms with Gasteiger partial charge in [-0.15, -0.1) is 0 Å². The zero-order valence-electron chi connectivity index (χ0n) is 19.3. The summed E-state index contributed by atoms with van der Waals surface area (Å²) in [6.45, 7) is 2.23. The molecule has 6 rings (SSSR count). The Hall–Kier alpha value is -4.06. The van der Waals surface area contributed by atoms with Gasteiger partial charge in [-0.2, -0.15) is 0 Å². The Morgan fingerprint density at radius 2 is 1.94 bits per heavy atom. The summed E-state index contributed by atoms with van der Waals surface area (Å²) < 4.78 is 5.30. The number of pyridine rings is 1. The first-order valence-electron chi connectivity index (χ1n) is 11.6. The van der Waals surface area contributed by atoms with Crippen LogP contribution in [-0.4, -0.2) is 41.0 Å². The Bertz CT molecular complexity index is 1300. The van der Waals surface area contributed by atoms with Crippen molar-refractivity contribution in [1.29, 1.82) is 0 Å². The fraction of sp³-hybridized carbons (Fsp3) is 0.214. The van der Waals surface area contributed by atoms with Crippen molar-refractivity contribution in [2.24, 2.45) is 0 Å². The largest absolute Gasteiger partial charge is 0.493 e. The zero-order valence-corrected chi connectivity index (χ0v) is 19.3. The number of aromatic nitrogens is 2. The molecule has 0 bridgehead atoms. The predicted octanol–water partition coefficient (Wildman–Crippen LogP) is 4.82. The Balaban J connectivity index is 0.000000222. The van der Waals surface area contributed by atoms with Gasteiger partial charge in [-0.05, 0) is 53.5 Å². The molecule has 0 aliphatic carbocycles. The molecule has 0 saturated carbocycles. The normalized spacial score (nSPS) is 14.2. The number of nitrogens with one attached hydrogen (secondary N) is 2. The number of fused-ring (bicyclic) bond motifs is 4. The number of hydrogen-bond donors (Lipinski definition) is 2. The van der Waals surface area contributed by atoms with Crippen molar-refractivity contribution < 1.29 is 9.53 Å². The Kier molecular flexibility index (Phi) is 6.29. The van der Waals surface area contributed by atoms with Gasteiger partial charge in [0.05, 0.1) is 13.2 Å². The molecule has 0 saturated heterocycles. The molecule has 0 spiro atoms. The van der Waals surface area contributed by atoms with E-state index >= 15 is 0 Å². The number of H-pyrrole nitrogens is 1. The number of benzene rings is 2. The van der Waals surface area contributed by atoms with Gasteiger partial charge in [0, 0.05) is 48.9 Å². The molecular weight excluding hydrogens is 424 g/mol. The van der Waals surface area contributed by atoms with Crippen LogP contribution >= 0.6 is 0 Å². The number of amides is 1. The highest BCUT2D eigenvalue weighted by Gasteiger charge is 2.22. The van der Waals surface area contributed by atoms with Crippen LogP contribution in [0.1, 0.15) is 22.4 Å². The van der Waals surface area contributed by atoms with Crippen LogP contribution < -0.4 is 10.1 Å². The molecule has 6 heteroatoms. The van der Waals surface area contributed by atoms with Gasteiger partial charge in [0.15, 0.2) is 0 Å². The van der Waals surface area contributed by atoms with Crippen LogP contribution in [0.3, 0.4) is 0 Å². The van der Waals surface area contributed by atoms with E-state index in [4.69, 9.17) is 4.74 Å². The number of rotatable bonds is 3. The lowest BCUT2D eigenvalue weighted by molar-refractivity contribution is -0.126. The first kappa shape index (κ1) is 21.8. The Labute approximate surface area is 199 Å². The van der Waals surface area contributed by atoms with Crippen LogP contribution in [-0.2, 0) is 24.2 Å². The van der Waals surface area contributed by atoms with Crippen molar-refractivity contribution >= 4 is 28.7 Å². The van der Waals surface area contributed by atoms with Gasteiger partial charge in [0.1, 0.15) is 11.6 Å². The highest BCUT2D eigenvalue weighted by atomic mass is 16.5. The standard InChI is InChI=1S/C20H20N4O.C8H8O/c1-21-19-8-6-14(12-22-19)7-9-20(25)24-11-10-16-15-4-2-3-5-17(15)23-18(16)13-24;1-2-4-8-7(3-1)5-6-9-8/h2-9,12,23H,10-11,13H2,1H3,(H,21,22);1-4H,5-6H2/b9-7+;. The molecule has 2 aliphatic heterocycles. The summed E-state index contributed by atoms with van der Waals surface area (Å²) in [6, 6.07) is 20.3. The SMILES string of the molecule is CNc1ccc(/C=C/C(=O)N2CCc3c([nH]c4ccccc34)C2)cn1.c1ccc2c(c1)CCO2. The van der Waals surface area contributed by atoms with Crippen molar-refractivity contribution in [2.75, 3.05) is 25.5 Å². The minimum atomic E-state index is 0.0296. The van der Waals surface area contributed by atoms with Crippen LogP contribution in [0.4, 0.5) is 5.82 Å². The number of para-hydroxylation sites is 2. The first-order chi connectivity index (χ1) is 16.7. The highest BCUT2D eigenvalue weighted by Crippen LogP contribution is 2.27. The van der Waals surface area contributed by atoms with E-state index in [1.807, 2.05) is 54.4 Å². The minimum Gasteiger partial charge on any atom is -0.493 e. The molecule has 6 nitrogen and oxygen atoms in total. The van der Waals surface area contributed by atoms with Gasteiger partial charge in [0.2, 0.25) is 5.91 Å². The number of ether oxygens (including phenoxy) is 1. The molecular formula is C28H28N4O2. The molecule has 0 fully saturated rings. The maximum Gasteiger partial charge on any atom is 0.246 e. The van der Waals surface area contributed by atoms with Crippen molar-refractivity contribution in [2.45, 2.75) is 19.4 Å². The van der Waals surface area contributed by atoms with Gasteiger partial charge in [0.25, 0.3) is 0 Å². The molecule has 0 radical (unpaired) electrons. The quantitative estimate of drug-likeness (QED) is 0.437. The summed E-state index contributed by atoms with van der Waals surface area (Å²) in [4.78, 5) is 22.1. The van der Waals surface area contributed by atoms with E-state index in [-0.39, 0.29) is 5.91 Å². The monoisotopic (exact) mass is 452 g/mol. The van der Waals surface area contributed by atoms with E-state index in [1.54, 1.807) is 12.3 Å². The first-order valence-corrected chi connectivity index (χ1v) is 11.6. The number of hydrogen-bond acceptors (Lipinski definition) is 4. The molecule has 0 atom stereocenters. The van der Waals surface area contributed by atoms with Gasteiger partial charge in [-0.25, -0.2) is 4.98 Å². The summed E-state index contributed by atoms with van der Waals surface area (Å²) >= 11 is 0. The second-order valence-electron chi connectivity index (χ2n) is 8.40. The summed E-state index contributed by atoms with van der Waals surface area (Å²) in [5, 5.41) is 4.25. The minimum absolute atomic E-state index is 0.0296. The lowest BCUT2D eigenvalue weighted by atomic mass is 10.0. The molecule has 2 aromatic carbocycles. The van der Waals surface area contributed by atoms with Crippen molar-refractivity contribution in [3.05, 3.63) is 95.3 Å². The third-order valence-electron chi connectivity index (χ3n) is 6.26. The van der Waals surface area contributed by atoms with Crippen LogP contribution in [0, 0.1) is 0 Å². The topological polar surface area (TPSA) is 70.2 Å². The third kappa shape index (κ3) is 4.66. The third-order valence-corrected chi connectivity index (χ3v) is 6.26. The predicted molar refractivity (Wildman–Crippen MR) is 136 cm³/mol. The molecule has 1 amide bonds. The fourth-order valence-electron chi connectivity index (χ4n) is 4.43. The highest BCUT2D eigenvalue weighted by molar-refractivity contribution is 5.92. The second-order valence-corrected chi connectivity index (χ2v) is 8.40. The molecule has 172 valence electrons. The van der Waals surface area contributed by atoms with E-state index in [2.05, 4.69) is 39.6 Å². The number of carbonyl (C=O) groups excluding carboxylic acids is 1. The lowest BCUT2D eigenvalue weighted by Gasteiger charge is -2.26. The molecule has 2 N–H and O–H groups in total. The van der Waals surface area contributed by atoms with E-state index in [0.717, 1.165) is 54.3 Å². The summed E-state index contributed by atoms with van der Waals surface area (Å²) in [5.74, 6) is 1.91. The van der Waals surface area contributed by atoms with Gasteiger partial charge in [-0.1, -0.05) is 36.4 Å². The molecule has 4 heterocycles. The fourth-order valence-corrected chi connectivity index (χ4v) is 4.43. The summed E-state index contributed by atoms with van der Waals surface area (Å²) in [5.41, 5.74) is 5.89. The van der Waals surface area contributed by atoms with Crippen LogP contribution in [0.25, 0.3) is 17.0 Å². The van der Waals surface area contributed by atoms with Crippen molar-refractivity contribution in [3.8, 4) is 5.75 Å². The van der Waals surface area contributed by atoms with Crippen LogP contribution in [0.15, 0.2) is 72.9 Å². The second kappa shape index (κ2) is 9.83. The summed E-state index contributed by atoms with van der Waals surface area (Å²) in [6.07, 6.45) is 7.16. The van der Waals surface area contributed by atoms with Crippen LogP contribution in [0.2, 0.25) is 0 Å². The van der Waals surface area contributed by atoms with Crippen molar-refractivity contribution in [3.63, 3.8) is 0 Å². The van der Waals surface area contributed by atoms with E-state index < -0.39 is 0 Å². The smallest absolute Gasteiger partial charge is 0.246 e. The molecule has 34 heavy (non-hydrogen) atoms. The Morgan fingerprint density at radius 3 is 2.76 bits per heavy atom. The average Bonchev–Trinajstić information content (AvgIpc) is 3.52. The maximum absolute atomic E-state index is 12.5. The van der Waals surface area contributed by atoms with E-state index in [0.29, 0.717) is 6.54 Å². The molecule has 0 unspecified atom stereocenters. The van der Waals surface area contributed by atoms with Gasteiger partial charge in [-0.3, -0.25) is 4.79 Å². The van der Waals surface area contributed by atoms with Gasteiger partial charge < -0.3 is 19.9 Å². The summed E-state index contributed by atoms with van der Waals surface area (Å²) in [7, 11) is 1.83. The maximum atomic E-state index is 12.5. The molecule has 2 aromatic heterocycles. The number of anilines is 1. The zero-order chi connectivity index (χ0) is 23.3. The lowest BCUT2D eigenvalue weighted by Crippen LogP contribution is -2.34. The van der Waals surface area contributed by atoms with Crippen LogP contribution in [0.5, 0.6) is 5.75 Å². The van der Waals surface area contributed by atoms with E-state index in [9.17, 15) is 4.79 Å². The average molecular weight is 453 g/mol. The number of carbonyl (C=O) groups is 1. The molecule has 2 aliphatic rings. The number of aromatic amines is 1. The van der Waals surface area contributed by atoms with Crippen molar-refractivity contribution in [1.82, 2.24) is 14.9 Å². The molecule has 4 aromatic rings. The van der Waals surface area contributed by atoms with E-state index in [1.165, 1.54) is 16.5 Å².